The average Bonchev–Trinajstić information content (AvgIpc) is 2.62. The molecule has 0 spiro atoms. The van der Waals surface area contributed by atoms with E-state index in [1.54, 1.807) is 24.3 Å². The van der Waals surface area contributed by atoms with Crippen LogP contribution in [0.2, 0.25) is 0 Å². The first-order valence-electron chi connectivity index (χ1n) is 8.50. The zero-order chi connectivity index (χ0) is 16.9. The lowest BCUT2D eigenvalue weighted by Crippen LogP contribution is -2.35. The number of benzene rings is 1. The van der Waals surface area contributed by atoms with E-state index < -0.39 is 0 Å². The molecule has 2 heterocycles. The third kappa shape index (κ3) is 3.91. The molecule has 1 amide bonds. The summed E-state index contributed by atoms with van der Waals surface area (Å²) in [6.45, 7) is 4.85. The molecule has 1 aliphatic rings. The molecule has 1 aromatic heterocycles. The van der Waals surface area contributed by atoms with Crippen molar-refractivity contribution in [2.24, 2.45) is 5.92 Å². The Bertz CT molecular complexity index is 672. The van der Waals surface area contributed by atoms with E-state index in [1.807, 2.05) is 30.3 Å². The lowest BCUT2D eigenvalue weighted by molar-refractivity contribution is 0.0779. The maximum absolute atomic E-state index is 12.5. The molecule has 1 atom stereocenters. The van der Waals surface area contributed by atoms with Gasteiger partial charge in [0.1, 0.15) is 11.5 Å². The lowest BCUT2D eigenvalue weighted by atomic mass is 10.0. The quantitative estimate of drug-likeness (QED) is 0.867. The Kier molecular flexibility index (Phi) is 5.08. The number of hydrogen-bond acceptors (Lipinski definition) is 4. The second-order valence-electron chi connectivity index (χ2n) is 6.60. The van der Waals surface area contributed by atoms with Crippen LogP contribution in [0.4, 0.5) is 5.82 Å². The number of aromatic nitrogens is 2. The zero-order valence-corrected chi connectivity index (χ0v) is 14.4. The number of amides is 1. The summed E-state index contributed by atoms with van der Waals surface area (Å²) < 4.78 is 0. The third-order valence-corrected chi connectivity index (χ3v) is 4.45. The van der Waals surface area contributed by atoms with E-state index in [2.05, 4.69) is 21.8 Å². The number of rotatable bonds is 4. The standard InChI is InChI=1S/C19H24N4O/c1-15-7-6-10-23(13-15)18-12-20-17(11-21-18)19(24)22(2)14-16-8-4-3-5-9-16/h3-5,8-9,11-12,15H,6-7,10,13-14H2,1-2H3. The van der Waals surface area contributed by atoms with Crippen molar-refractivity contribution in [3.8, 4) is 0 Å². The van der Waals surface area contributed by atoms with Gasteiger partial charge in [0.25, 0.3) is 5.91 Å². The monoisotopic (exact) mass is 324 g/mol. The molecule has 1 unspecified atom stereocenters. The molecule has 2 aromatic rings. The van der Waals surface area contributed by atoms with Gasteiger partial charge in [0, 0.05) is 26.7 Å². The van der Waals surface area contributed by atoms with Gasteiger partial charge in [0.05, 0.1) is 12.4 Å². The van der Waals surface area contributed by atoms with Gasteiger partial charge < -0.3 is 9.80 Å². The first kappa shape index (κ1) is 16.4. The molecule has 24 heavy (non-hydrogen) atoms. The highest BCUT2D eigenvalue weighted by atomic mass is 16.2. The van der Waals surface area contributed by atoms with E-state index in [0.29, 0.717) is 18.2 Å². The minimum atomic E-state index is -0.107. The van der Waals surface area contributed by atoms with Crippen LogP contribution in [0.1, 0.15) is 35.8 Å². The fourth-order valence-corrected chi connectivity index (χ4v) is 3.12. The average molecular weight is 324 g/mol. The van der Waals surface area contributed by atoms with Gasteiger partial charge in [-0.15, -0.1) is 0 Å². The predicted molar refractivity (Wildman–Crippen MR) is 94.9 cm³/mol. The molecule has 1 fully saturated rings. The van der Waals surface area contributed by atoms with Crippen LogP contribution in [-0.4, -0.2) is 40.9 Å². The summed E-state index contributed by atoms with van der Waals surface area (Å²) in [7, 11) is 1.79. The van der Waals surface area contributed by atoms with Crippen molar-refractivity contribution in [1.29, 1.82) is 0 Å². The summed E-state index contributed by atoms with van der Waals surface area (Å²) >= 11 is 0. The first-order valence-corrected chi connectivity index (χ1v) is 8.50. The van der Waals surface area contributed by atoms with Crippen molar-refractivity contribution < 1.29 is 4.79 Å². The predicted octanol–water partition coefficient (Wildman–Crippen LogP) is 2.99. The summed E-state index contributed by atoms with van der Waals surface area (Å²) in [5.41, 5.74) is 1.49. The Hall–Kier alpha value is -2.43. The molecule has 5 nitrogen and oxygen atoms in total. The van der Waals surface area contributed by atoms with Gasteiger partial charge in [0.15, 0.2) is 0 Å². The maximum Gasteiger partial charge on any atom is 0.274 e. The fourth-order valence-electron chi connectivity index (χ4n) is 3.12. The second-order valence-corrected chi connectivity index (χ2v) is 6.60. The van der Waals surface area contributed by atoms with Crippen LogP contribution in [0.15, 0.2) is 42.7 Å². The molecule has 3 rings (SSSR count). The Labute approximate surface area is 143 Å². The highest BCUT2D eigenvalue weighted by Crippen LogP contribution is 2.20. The second kappa shape index (κ2) is 7.43. The Morgan fingerprint density at radius 3 is 2.71 bits per heavy atom. The molecule has 0 radical (unpaired) electrons. The Morgan fingerprint density at radius 1 is 1.25 bits per heavy atom. The normalized spacial score (nSPS) is 17.6. The summed E-state index contributed by atoms with van der Waals surface area (Å²) in [5, 5.41) is 0. The van der Waals surface area contributed by atoms with Gasteiger partial charge in [-0.1, -0.05) is 37.3 Å². The number of anilines is 1. The van der Waals surface area contributed by atoms with Gasteiger partial charge in [0.2, 0.25) is 0 Å². The zero-order valence-electron chi connectivity index (χ0n) is 14.4. The minimum Gasteiger partial charge on any atom is -0.355 e. The van der Waals surface area contributed by atoms with Crippen LogP contribution < -0.4 is 4.90 Å². The molecule has 0 N–H and O–H groups in total. The topological polar surface area (TPSA) is 49.3 Å². The van der Waals surface area contributed by atoms with Crippen molar-refractivity contribution >= 4 is 11.7 Å². The molecule has 0 aliphatic carbocycles. The molecule has 5 heteroatoms. The van der Waals surface area contributed by atoms with Crippen LogP contribution in [-0.2, 0) is 6.54 Å². The Balaban J connectivity index is 1.65. The number of carbonyl (C=O) groups is 1. The molecule has 1 saturated heterocycles. The summed E-state index contributed by atoms with van der Waals surface area (Å²) in [6, 6.07) is 9.94. The van der Waals surface area contributed by atoms with Gasteiger partial charge in [-0.05, 0) is 24.3 Å². The van der Waals surface area contributed by atoms with E-state index >= 15 is 0 Å². The van der Waals surface area contributed by atoms with Crippen molar-refractivity contribution in [3.63, 3.8) is 0 Å². The van der Waals surface area contributed by atoms with Gasteiger partial charge >= 0.3 is 0 Å². The number of piperidine rings is 1. The van der Waals surface area contributed by atoms with Gasteiger partial charge in [-0.3, -0.25) is 4.79 Å². The van der Waals surface area contributed by atoms with Crippen molar-refractivity contribution in [2.75, 3.05) is 25.0 Å². The third-order valence-electron chi connectivity index (χ3n) is 4.45. The summed E-state index contributed by atoms with van der Waals surface area (Å²) in [6.07, 6.45) is 5.77. The van der Waals surface area contributed by atoms with E-state index in [-0.39, 0.29) is 5.91 Å². The van der Waals surface area contributed by atoms with Crippen molar-refractivity contribution in [2.45, 2.75) is 26.3 Å². The highest BCUT2D eigenvalue weighted by molar-refractivity contribution is 5.91. The summed E-state index contributed by atoms with van der Waals surface area (Å²) in [5.74, 6) is 1.44. The van der Waals surface area contributed by atoms with Crippen molar-refractivity contribution in [1.82, 2.24) is 14.9 Å². The van der Waals surface area contributed by atoms with Gasteiger partial charge in [-0.2, -0.15) is 0 Å². The first-order chi connectivity index (χ1) is 11.6. The molecule has 126 valence electrons. The van der Waals surface area contributed by atoms with E-state index in [1.165, 1.54) is 12.8 Å². The van der Waals surface area contributed by atoms with Crippen LogP contribution in [0.25, 0.3) is 0 Å². The summed E-state index contributed by atoms with van der Waals surface area (Å²) in [4.78, 5) is 25.2. The number of hydrogen-bond donors (Lipinski definition) is 0. The fraction of sp³-hybridized carbons (Fsp3) is 0.421. The van der Waals surface area contributed by atoms with Crippen LogP contribution in [0.5, 0.6) is 0 Å². The minimum absolute atomic E-state index is 0.107. The maximum atomic E-state index is 12.5. The van der Waals surface area contributed by atoms with Gasteiger partial charge in [-0.25, -0.2) is 9.97 Å². The largest absolute Gasteiger partial charge is 0.355 e. The molecular weight excluding hydrogens is 300 g/mol. The SMILES string of the molecule is CC1CCCN(c2cnc(C(=O)N(C)Cc3ccccc3)cn2)C1. The van der Waals surface area contributed by atoms with E-state index in [4.69, 9.17) is 0 Å². The van der Waals surface area contributed by atoms with Crippen molar-refractivity contribution in [3.05, 3.63) is 54.0 Å². The molecule has 0 saturated carbocycles. The Morgan fingerprint density at radius 2 is 2.04 bits per heavy atom. The number of carbonyl (C=O) groups excluding carboxylic acids is 1. The molecular formula is C19H24N4O. The highest BCUT2D eigenvalue weighted by Gasteiger charge is 2.19. The molecule has 0 bridgehead atoms. The lowest BCUT2D eigenvalue weighted by Gasteiger charge is -2.31. The molecule has 1 aliphatic heterocycles. The smallest absolute Gasteiger partial charge is 0.274 e. The van der Waals surface area contributed by atoms with Crippen LogP contribution in [0, 0.1) is 5.92 Å². The molecule has 1 aromatic carbocycles. The van der Waals surface area contributed by atoms with E-state index in [9.17, 15) is 4.79 Å². The van der Waals surface area contributed by atoms with Crippen LogP contribution in [0.3, 0.4) is 0 Å². The number of nitrogens with zero attached hydrogens (tertiary/aromatic N) is 4. The van der Waals surface area contributed by atoms with Crippen LogP contribution >= 0.6 is 0 Å². The van der Waals surface area contributed by atoms with E-state index in [0.717, 1.165) is 24.5 Å².